The van der Waals surface area contributed by atoms with Crippen LogP contribution in [0.5, 0.6) is 0 Å². The van der Waals surface area contributed by atoms with Crippen LogP contribution in [-0.2, 0) is 9.59 Å². The van der Waals surface area contributed by atoms with E-state index in [1.807, 2.05) is 9.80 Å². The van der Waals surface area contributed by atoms with Gasteiger partial charge in [0.15, 0.2) is 0 Å². The van der Waals surface area contributed by atoms with E-state index < -0.39 is 12.0 Å². The number of hydrogen-bond donors (Lipinski definition) is 2. The Kier molecular flexibility index (Phi) is 5.22. The summed E-state index contributed by atoms with van der Waals surface area (Å²) < 4.78 is 0. The molecule has 1 aliphatic heterocycles. The molecule has 0 radical (unpaired) electrons. The highest BCUT2D eigenvalue weighted by Crippen LogP contribution is 2.37. The molecule has 6 nitrogen and oxygen atoms in total. The Morgan fingerprint density at radius 3 is 2.19 bits per heavy atom. The Hall–Kier alpha value is -1.14. The summed E-state index contributed by atoms with van der Waals surface area (Å²) in [7, 11) is 0. The first-order valence-corrected chi connectivity index (χ1v) is 7.96. The Balaban J connectivity index is 1.94. The third kappa shape index (κ3) is 3.37. The molecule has 0 bridgehead atoms. The maximum atomic E-state index is 12.8. The van der Waals surface area contributed by atoms with E-state index in [2.05, 4.69) is 0 Å². The smallest absolute Gasteiger partial charge is 0.320 e. The van der Waals surface area contributed by atoms with Gasteiger partial charge in [-0.25, -0.2) is 0 Å². The van der Waals surface area contributed by atoms with Crippen molar-refractivity contribution < 1.29 is 14.7 Å². The molecule has 1 atom stereocenters. The zero-order valence-corrected chi connectivity index (χ0v) is 12.9. The van der Waals surface area contributed by atoms with E-state index in [-0.39, 0.29) is 11.3 Å². The van der Waals surface area contributed by atoms with E-state index in [1.54, 1.807) is 6.92 Å². The second kappa shape index (κ2) is 6.75. The summed E-state index contributed by atoms with van der Waals surface area (Å²) >= 11 is 0. The molecule has 6 heteroatoms. The van der Waals surface area contributed by atoms with E-state index in [9.17, 15) is 9.59 Å². The quantitative estimate of drug-likeness (QED) is 0.789. The summed E-state index contributed by atoms with van der Waals surface area (Å²) in [4.78, 5) is 27.7. The van der Waals surface area contributed by atoms with Crippen molar-refractivity contribution in [2.45, 2.75) is 45.1 Å². The molecule has 0 aromatic heterocycles. The fourth-order valence-electron chi connectivity index (χ4n) is 3.54. The van der Waals surface area contributed by atoms with Gasteiger partial charge >= 0.3 is 5.97 Å². The van der Waals surface area contributed by atoms with Gasteiger partial charge in [0.1, 0.15) is 6.04 Å². The number of nitrogens with zero attached hydrogens (tertiary/aromatic N) is 2. The zero-order valence-electron chi connectivity index (χ0n) is 12.9. The van der Waals surface area contributed by atoms with Crippen molar-refractivity contribution in [1.82, 2.24) is 9.80 Å². The van der Waals surface area contributed by atoms with E-state index in [0.29, 0.717) is 32.7 Å². The second-order valence-corrected chi connectivity index (χ2v) is 6.39. The summed E-state index contributed by atoms with van der Waals surface area (Å²) in [6, 6.07) is -0.486. The van der Waals surface area contributed by atoms with Crippen LogP contribution in [0.1, 0.15) is 39.0 Å². The van der Waals surface area contributed by atoms with Gasteiger partial charge in [0.2, 0.25) is 5.91 Å². The van der Waals surface area contributed by atoms with Crippen LogP contribution in [0, 0.1) is 5.41 Å². The van der Waals surface area contributed by atoms with Gasteiger partial charge in [-0.15, -0.1) is 0 Å². The average molecular weight is 297 g/mol. The Labute approximate surface area is 126 Å². The molecule has 1 heterocycles. The Morgan fingerprint density at radius 2 is 1.71 bits per heavy atom. The number of nitrogens with two attached hydrogens (primary N) is 1. The Morgan fingerprint density at radius 1 is 1.14 bits per heavy atom. The highest BCUT2D eigenvalue weighted by Gasteiger charge is 2.41. The molecule has 1 saturated carbocycles. The second-order valence-electron chi connectivity index (χ2n) is 6.39. The van der Waals surface area contributed by atoms with Gasteiger partial charge in [-0.1, -0.05) is 19.3 Å². The van der Waals surface area contributed by atoms with Crippen LogP contribution in [0.4, 0.5) is 0 Å². The molecule has 0 aromatic carbocycles. The van der Waals surface area contributed by atoms with E-state index in [0.717, 1.165) is 25.7 Å². The van der Waals surface area contributed by atoms with Crippen LogP contribution in [0.3, 0.4) is 0 Å². The van der Waals surface area contributed by atoms with Gasteiger partial charge < -0.3 is 15.7 Å². The molecule has 1 amide bonds. The first-order valence-electron chi connectivity index (χ1n) is 7.96. The molecule has 1 unspecified atom stereocenters. The minimum absolute atomic E-state index is 0.187. The zero-order chi connectivity index (χ0) is 15.5. The third-order valence-corrected chi connectivity index (χ3v) is 5.16. The van der Waals surface area contributed by atoms with Gasteiger partial charge in [-0.2, -0.15) is 0 Å². The highest BCUT2D eigenvalue weighted by molar-refractivity contribution is 5.83. The lowest BCUT2D eigenvalue weighted by atomic mass is 9.73. The van der Waals surface area contributed by atoms with Crippen molar-refractivity contribution >= 4 is 11.9 Å². The van der Waals surface area contributed by atoms with Crippen molar-refractivity contribution in [2.24, 2.45) is 11.1 Å². The predicted molar refractivity (Wildman–Crippen MR) is 79.8 cm³/mol. The summed E-state index contributed by atoms with van der Waals surface area (Å²) in [6.07, 6.45) is 5.15. The minimum atomic E-state index is -0.805. The summed E-state index contributed by atoms with van der Waals surface area (Å²) in [6.45, 7) is 4.59. The Bertz CT molecular complexity index is 386. The monoisotopic (exact) mass is 297 g/mol. The lowest BCUT2D eigenvalue weighted by Gasteiger charge is -2.43. The number of piperazine rings is 1. The first-order chi connectivity index (χ1) is 10.00. The van der Waals surface area contributed by atoms with Gasteiger partial charge in [-0.05, 0) is 19.8 Å². The largest absolute Gasteiger partial charge is 0.480 e. The predicted octanol–water partition coefficient (Wildman–Crippen LogP) is 0.513. The lowest BCUT2D eigenvalue weighted by Crippen LogP contribution is -2.57. The van der Waals surface area contributed by atoms with Crippen LogP contribution in [0.25, 0.3) is 0 Å². The fraction of sp³-hybridized carbons (Fsp3) is 0.867. The molecular weight excluding hydrogens is 270 g/mol. The summed E-state index contributed by atoms with van der Waals surface area (Å²) in [5.41, 5.74) is 5.56. The maximum absolute atomic E-state index is 12.8. The van der Waals surface area contributed by atoms with Crippen LogP contribution < -0.4 is 5.73 Å². The molecule has 21 heavy (non-hydrogen) atoms. The molecule has 2 fully saturated rings. The molecule has 0 spiro atoms. The van der Waals surface area contributed by atoms with Crippen molar-refractivity contribution in [1.29, 1.82) is 0 Å². The standard InChI is InChI=1S/C15H27N3O3/c1-12(13(19)20)17-7-9-18(10-8-17)14(21)15(11-16)5-3-2-4-6-15/h12H,2-11,16H2,1H3,(H,19,20). The molecular formula is C15H27N3O3. The minimum Gasteiger partial charge on any atom is -0.480 e. The number of aliphatic carboxylic acids is 1. The van der Waals surface area contributed by atoms with Gasteiger partial charge in [0.05, 0.1) is 5.41 Å². The molecule has 2 aliphatic rings. The molecule has 1 saturated heterocycles. The maximum Gasteiger partial charge on any atom is 0.320 e. The number of carbonyl (C=O) groups excluding carboxylic acids is 1. The summed E-state index contributed by atoms with van der Waals surface area (Å²) in [5, 5.41) is 9.05. The number of rotatable bonds is 4. The van der Waals surface area contributed by atoms with Crippen LogP contribution in [-0.4, -0.2) is 65.5 Å². The topological polar surface area (TPSA) is 86.9 Å². The number of carbonyl (C=O) groups is 2. The van der Waals surface area contributed by atoms with E-state index in [4.69, 9.17) is 10.8 Å². The molecule has 1 aliphatic carbocycles. The van der Waals surface area contributed by atoms with E-state index >= 15 is 0 Å². The van der Waals surface area contributed by atoms with Crippen LogP contribution in [0.2, 0.25) is 0 Å². The molecule has 0 aromatic rings. The van der Waals surface area contributed by atoms with E-state index in [1.165, 1.54) is 6.42 Å². The van der Waals surface area contributed by atoms with Gasteiger partial charge in [-0.3, -0.25) is 14.5 Å². The summed E-state index contributed by atoms with van der Waals surface area (Å²) in [5.74, 6) is -0.618. The highest BCUT2D eigenvalue weighted by atomic mass is 16.4. The number of amides is 1. The van der Waals surface area contributed by atoms with Crippen molar-refractivity contribution in [2.75, 3.05) is 32.7 Å². The number of carboxylic acid groups (broad SMARTS) is 1. The first kappa shape index (κ1) is 16.2. The van der Waals surface area contributed by atoms with Gasteiger partial charge in [0.25, 0.3) is 0 Å². The van der Waals surface area contributed by atoms with Crippen molar-refractivity contribution in [3.8, 4) is 0 Å². The van der Waals surface area contributed by atoms with Crippen LogP contribution in [0.15, 0.2) is 0 Å². The fourth-order valence-corrected chi connectivity index (χ4v) is 3.54. The SMILES string of the molecule is CC(C(=O)O)N1CCN(C(=O)C2(CN)CCCCC2)CC1. The normalized spacial score (nSPS) is 24.6. The molecule has 2 rings (SSSR count). The average Bonchev–Trinajstić information content (AvgIpc) is 2.54. The molecule has 3 N–H and O–H groups in total. The third-order valence-electron chi connectivity index (χ3n) is 5.16. The van der Waals surface area contributed by atoms with Crippen molar-refractivity contribution in [3.05, 3.63) is 0 Å². The van der Waals surface area contributed by atoms with Crippen molar-refractivity contribution in [3.63, 3.8) is 0 Å². The lowest BCUT2D eigenvalue weighted by molar-refractivity contribution is -0.148. The number of carboxylic acids is 1. The van der Waals surface area contributed by atoms with Gasteiger partial charge in [0, 0.05) is 32.7 Å². The van der Waals surface area contributed by atoms with Crippen LogP contribution >= 0.6 is 0 Å². The molecule has 120 valence electrons. The number of hydrogen-bond acceptors (Lipinski definition) is 4.